The van der Waals surface area contributed by atoms with E-state index in [0.29, 0.717) is 10.7 Å². The highest BCUT2D eigenvalue weighted by molar-refractivity contribution is 8.00. The number of hydrogen-bond donors (Lipinski definition) is 2. The van der Waals surface area contributed by atoms with Gasteiger partial charge in [-0.2, -0.15) is 11.8 Å². The molecule has 2 aliphatic rings. The van der Waals surface area contributed by atoms with Gasteiger partial charge in [0.1, 0.15) is 17.5 Å². The van der Waals surface area contributed by atoms with Crippen molar-refractivity contribution in [2.75, 3.05) is 29.2 Å². The first-order valence-electron chi connectivity index (χ1n) is 7.32. The van der Waals surface area contributed by atoms with E-state index in [1.165, 1.54) is 19.3 Å². The van der Waals surface area contributed by atoms with Crippen molar-refractivity contribution < 1.29 is 0 Å². The standard InChI is InChI=1S/C14H23N5S/c1-14(2)5-6-19(7-8-20-14)12-9-11(18-15)16-13(17-12)10-3-4-10/h9-10H,3-8,15H2,1-2H3,(H,16,17,18). The van der Waals surface area contributed by atoms with Crippen LogP contribution in [-0.2, 0) is 0 Å². The van der Waals surface area contributed by atoms with Crippen molar-refractivity contribution in [1.82, 2.24) is 9.97 Å². The summed E-state index contributed by atoms with van der Waals surface area (Å²) < 4.78 is 0.357. The number of thioether (sulfide) groups is 1. The first-order chi connectivity index (χ1) is 9.57. The average molecular weight is 293 g/mol. The molecule has 20 heavy (non-hydrogen) atoms. The van der Waals surface area contributed by atoms with Crippen LogP contribution in [0.4, 0.5) is 11.6 Å². The van der Waals surface area contributed by atoms with Crippen molar-refractivity contribution >= 4 is 23.4 Å². The lowest BCUT2D eigenvalue weighted by Gasteiger charge is -2.24. The van der Waals surface area contributed by atoms with E-state index >= 15 is 0 Å². The molecule has 0 aromatic carbocycles. The van der Waals surface area contributed by atoms with E-state index in [1.807, 2.05) is 17.8 Å². The van der Waals surface area contributed by atoms with Gasteiger partial charge in [-0.05, 0) is 19.3 Å². The molecule has 0 atom stereocenters. The first kappa shape index (κ1) is 13.9. The second-order valence-corrected chi connectivity index (χ2v) is 8.04. The number of nitrogens with zero attached hydrogens (tertiary/aromatic N) is 3. The lowest BCUT2D eigenvalue weighted by Crippen LogP contribution is -2.28. The second-order valence-electron chi connectivity index (χ2n) is 6.23. The Hall–Kier alpha value is -1.01. The molecule has 1 aromatic heterocycles. The maximum atomic E-state index is 5.55. The van der Waals surface area contributed by atoms with Crippen LogP contribution in [0, 0.1) is 0 Å². The molecular weight excluding hydrogens is 270 g/mol. The highest BCUT2D eigenvalue weighted by atomic mass is 32.2. The SMILES string of the molecule is CC1(C)CCN(c2cc(NN)nc(C3CC3)n2)CCS1. The molecule has 0 unspecified atom stereocenters. The third kappa shape index (κ3) is 3.17. The lowest BCUT2D eigenvalue weighted by atomic mass is 10.1. The molecule has 5 nitrogen and oxygen atoms in total. The second kappa shape index (κ2) is 5.41. The molecule has 3 N–H and O–H groups in total. The fourth-order valence-corrected chi connectivity index (χ4v) is 3.56. The molecule has 2 heterocycles. The Morgan fingerprint density at radius 3 is 2.85 bits per heavy atom. The molecule has 6 heteroatoms. The van der Waals surface area contributed by atoms with Crippen molar-refractivity contribution in [2.45, 2.75) is 43.8 Å². The van der Waals surface area contributed by atoms with Crippen molar-refractivity contribution in [3.63, 3.8) is 0 Å². The predicted molar refractivity (Wildman–Crippen MR) is 85.2 cm³/mol. The molecule has 3 rings (SSSR count). The first-order valence-corrected chi connectivity index (χ1v) is 8.30. The van der Waals surface area contributed by atoms with Crippen molar-refractivity contribution in [3.8, 4) is 0 Å². The highest BCUT2D eigenvalue weighted by Crippen LogP contribution is 2.39. The normalized spacial score (nSPS) is 22.4. The minimum Gasteiger partial charge on any atom is -0.356 e. The maximum Gasteiger partial charge on any atom is 0.145 e. The van der Waals surface area contributed by atoms with Gasteiger partial charge in [0, 0.05) is 35.6 Å². The Kier molecular flexibility index (Phi) is 3.77. The fraction of sp³-hybridized carbons (Fsp3) is 0.714. The summed E-state index contributed by atoms with van der Waals surface area (Å²) in [4.78, 5) is 11.6. The predicted octanol–water partition coefficient (Wildman–Crippen LogP) is 2.36. The van der Waals surface area contributed by atoms with Crippen molar-refractivity contribution in [1.29, 1.82) is 0 Å². The van der Waals surface area contributed by atoms with Crippen LogP contribution >= 0.6 is 11.8 Å². The Labute approximate surface area is 124 Å². The van der Waals surface area contributed by atoms with E-state index in [-0.39, 0.29) is 0 Å². The van der Waals surface area contributed by atoms with Gasteiger partial charge in [0.15, 0.2) is 0 Å². The molecule has 0 amide bonds. The minimum atomic E-state index is 0.357. The van der Waals surface area contributed by atoms with Crippen LogP contribution in [0.3, 0.4) is 0 Å². The number of nitrogens with two attached hydrogens (primary N) is 1. The van der Waals surface area contributed by atoms with Crippen LogP contribution in [0.25, 0.3) is 0 Å². The Bertz CT molecular complexity index is 486. The number of aromatic nitrogens is 2. The number of hydrazine groups is 1. The van der Waals surface area contributed by atoms with Gasteiger partial charge in [-0.3, -0.25) is 0 Å². The molecule has 110 valence electrons. The third-order valence-electron chi connectivity index (χ3n) is 3.98. The largest absolute Gasteiger partial charge is 0.356 e. The average Bonchev–Trinajstić information content (AvgIpc) is 3.25. The van der Waals surface area contributed by atoms with Crippen molar-refractivity contribution in [3.05, 3.63) is 11.9 Å². The van der Waals surface area contributed by atoms with Gasteiger partial charge < -0.3 is 10.3 Å². The van der Waals surface area contributed by atoms with Crippen molar-refractivity contribution in [2.24, 2.45) is 5.84 Å². The van der Waals surface area contributed by atoms with Crippen LogP contribution in [0.5, 0.6) is 0 Å². The zero-order valence-electron chi connectivity index (χ0n) is 12.2. The van der Waals surface area contributed by atoms with Crippen LogP contribution in [0.1, 0.15) is 44.9 Å². The van der Waals surface area contributed by atoms with E-state index in [4.69, 9.17) is 10.8 Å². The fourth-order valence-electron chi connectivity index (χ4n) is 2.46. The zero-order chi connectivity index (χ0) is 14.2. The summed E-state index contributed by atoms with van der Waals surface area (Å²) in [6.45, 7) is 6.73. The Morgan fingerprint density at radius 1 is 1.35 bits per heavy atom. The van der Waals surface area contributed by atoms with Gasteiger partial charge in [0.25, 0.3) is 0 Å². The van der Waals surface area contributed by atoms with Gasteiger partial charge in [-0.15, -0.1) is 0 Å². The number of nitrogen functional groups attached to an aromatic ring is 1. The van der Waals surface area contributed by atoms with Crippen LogP contribution in [0.2, 0.25) is 0 Å². The van der Waals surface area contributed by atoms with Gasteiger partial charge in [-0.1, -0.05) is 13.8 Å². The molecule has 1 saturated carbocycles. The number of hydrogen-bond acceptors (Lipinski definition) is 6. The molecule has 1 aliphatic carbocycles. The smallest absolute Gasteiger partial charge is 0.145 e. The molecule has 2 fully saturated rings. The molecular formula is C14H23N5S. The van der Waals surface area contributed by atoms with E-state index < -0.39 is 0 Å². The van der Waals surface area contributed by atoms with E-state index in [2.05, 4.69) is 29.2 Å². The minimum absolute atomic E-state index is 0.357. The topological polar surface area (TPSA) is 67.1 Å². The van der Waals surface area contributed by atoms with Gasteiger partial charge >= 0.3 is 0 Å². The van der Waals surface area contributed by atoms with E-state index in [9.17, 15) is 0 Å². The summed E-state index contributed by atoms with van der Waals surface area (Å²) in [5.74, 6) is 9.93. The summed E-state index contributed by atoms with van der Waals surface area (Å²) in [6, 6.07) is 1.97. The molecule has 0 radical (unpaired) electrons. The third-order valence-corrected chi connectivity index (χ3v) is 5.35. The molecule has 1 aromatic rings. The number of rotatable bonds is 3. The summed E-state index contributed by atoms with van der Waals surface area (Å²) in [7, 11) is 0. The number of nitrogens with one attached hydrogen (secondary N) is 1. The van der Waals surface area contributed by atoms with E-state index in [0.717, 1.165) is 36.3 Å². The Balaban J connectivity index is 1.83. The van der Waals surface area contributed by atoms with Crippen LogP contribution < -0.4 is 16.2 Å². The monoisotopic (exact) mass is 293 g/mol. The van der Waals surface area contributed by atoms with Gasteiger partial charge in [-0.25, -0.2) is 15.8 Å². The Morgan fingerprint density at radius 2 is 2.15 bits per heavy atom. The van der Waals surface area contributed by atoms with Crippen LogP contribution in [0.15, 0.2) is 6.07 Å². The molecule has 0 bridgehead atoms. The van der Waals surface area contributed by atoms with E-state index in [1.54, 1.807) is 0 Å². The summed E-state index contributed by atoms with van der Waals surface area (Å²) >= 11 is 2.05. The van der Waals surface area contributed by atoms with Gasteiger partial charge in [0.05, 0.1) is 0 Å². The number of anilines is 2. The van der Waals surface area contributed by atoms with Gasteiger partial charge in [0.2, 0.25) is 0 Å². The quantitative estimate of drug-likeness (QED) is 0.659. The zero-order valence-corrected chi connectivity index (χ0v) is 13.0. The summed E-state index contributed by atoms with van der Waals surface area (Å²) in [6.07, 6.45) is 3.58. The molecule has 1 aliphatic heterocycles. The maximum absolute atomic E-state index is 5.55. The summed E-state index contributed by atoms with van der Waals surface area (Å²) in [5.41, 5.74) is 2.68. The summed E-state index contributed by atoms with van der Waals surface area (Å²) in [5, 5.41) is 0. The van der Waals surface area contributed by atoms with Crippen LogP contribution in [-0.4, -0.2) is 33.6 Å². The molecule has 1 saturated heterocycles. The highest BCUT2D eigenvalue weighted by Gasteiger charge is 2.29. The lowest BCUT2D eigenvalue weighted by molar-refractivity contribution is 0.634. The molecule has 0 spiro atoms.